The number of nitrogens with zero attached hydrogens (tertiary/aromatic N) is 1. The Labute approximate surface area is 95.4 Å². The summed E-state index contributed by atoms with van der Waals surface area (Å²) in [5.74, 6) is -0.945. The highest BCUT2D eigenvalue weighted by Crippen LogP contribution is 2.06. The van der Waals surface area contributed by atoms with E-state index in [1.807, 2.05) is 0 Å². The fraction of sp³-hybridized carbons (Fsp3) is 0.0909. The second-order valence-electron chi connectivity index (χ2n) is 3.30. The van der Waals surface area contributed by atoms with Crippen LogP contribution < -0.4 is 4.87 Å². The molecule has 16 heavy (non-hydrogen) atoms. The van der Waals surface area contributed by atoms with Gasteiger partial charge >= 0.3 is 10.8 Å². The number of rotatable bonds is 3. The SMILES string of the molecule is O=C(O)c1ccc(Cn2ccsc2=O)cc1. The van der Waals surface area contributed by atoms with Crippen molar-refractivity contribution in [2.45, 2.75) is 6.54 Å². The van der Waals surface area contributed by atoms with Crippen molar-refractivity contribution < 1.29 is 9.90 Å². The summed E-state index contributed by atoms with van der Waals surface area (Å²) in [6.45, 7) is 0.474. The number of aromatic nitrogens is 1. The molecule has 0 bridgehead atoms. The van der Waals surface area contributed by atoms with Crippen LogP contribution in [-0.4, -0.2) is 15.6 Å². The molecule has 2 rings (SSSR count). The molecule has 0 fully saturated rings. The van der Waals surface area contributed by atoms with Crippen molar-refractivity contribution in [2.24, 2.45) is 0 Å². The van der Waals surface area contributed by atoms with Crippen LogP contribution in [0.15, 0.2) is 40.6 Å². The lowest BCUT2D eigenvalue weighted by Crippen LogP contribution is -2.12. The van der Waals surface area contributed by atoms with Crippen LogP contribution in [0.2, 0.25) is 0 Å². The molecular weight excluding hydrogens is 226 g/mol. The van der Waals surface area contributed by atoms with Gasteiger partial charge in [-0.05, 0) is 17.7 Å². The van der Waals surface area contributed by atoms with E-state index < -0.39 is 5.97 Å². The smallest absolute Gasteiger partial charge is 0.335 e. The molecule has 0 aliphatic carbocycles. The Morgan fingerprint density at radius 2 is 2.00 bits per heavy atom. The van der Waals surface area contributed by atoms with E-state index in [1.54, 1.807) is 28.3 Å². The average Bonchev–Trinajstić information content (AvgIpc) is 2.65. The van der Waals surface area contributed by atoms with Gasteiger partial charge in [0.15, 0.2) is 0 Å². The Morgan fingerprint density at radius 3 is 2.50 bits per heavy atom. The first-order valence-electron chi connectivity index (χ1n) is 4.63. The van der Waals surface area contributed by atoms with Crippen molar-refractivity contribution in [3.63, 3.8) is 0 Å². The average molecular weight is 235 g/mol. The molecule has 5 heteroatoms. The van der Waals surface area contributed by atoms with E-state index in [9.17, 15) is 9.59 Å². The maximum absolute atomic E-state index is 11.3. The molecule has 1 heterocycles. The quantitative estimate of drug-likeness (QED) is 0.880. The minimum Gasteiger partial charge on any atom is -0.478 e. The van der Waals surface area contributed by atoms with Gasteiger partial charge in [-0.2, -0.15) is 0 Å². The van der Waals surface area contributed by atoms with Gasteiger partial charge < -0.3 is 9.67 Å². The molecule has 1 N–H and O–H groups in total. The number of thiazole rings is 1. The summed E-state index contributed by atoms with van der Waals surface area (Å²) in [4.78, 5) is 21.9. The Bertz CT molecular complexity index is 553. The maximum atomic E-state index is 11.3. The van der Waals surface area contributed by atoms with Gasteiger partial charge in [0.25, 0.3) is 0 Å². The molecule has 0 saturated heterocycles. The third-order valence-corrected chi connectivity index (χ3v) is 2.89. The summed E-state index contributed by atoms with van der Waals surface area (Å²) in [6.07, 6.45) is 1.72. The number of carbonyl (C=O) groups is 1. The molecule has 0 aliphatic heterocycles. The summed E-state index contributed by atoms with van der Waals surface area (Å²) in [7, 11) is 0. The van der Waals surface area contributed by atoms with Gasteiger partial charge in [0.05, 0.1) is 12.1 Å². The molecule has 0 aliphatic rings. The van der Waals surface area contributed by atoms with Crippen molar-refractivity contribution in [2.75, 3.05) is 0 Å². The molecule has 1 aromatic carbocycles. The molecule has 0 spiro atoms. The van der Waals surface area contributed by atoms with Crippen LogP contribution in [0.3, 0.4) is 0 Å². The van der Waals surface area contributed by atoms with Crippen LogP contribution in [0.1, 0.15) is 15.9 Å². The third kappa shape index (κ3) is 2.20. The van der Waals surface area contributed by atoms with Gasteiger partial charge in [-0.25, -0.2) is 4.79 Å². The lowest BCUT2D eigenvalue weighted by molar-refractivity contribution is 0.0697. The van der Waals surface area contributed by atoms with Crippen molar-refractivity contribution in [1.82, 2.24) is 4.57 Å². The van der Waals surface area contributed by atoms with E-state index in [-0.39, 0.29) is 10.4 Å². The second kappa shape index (κ2) is 4.32. The van der Waals surface area contributed by atoms with E-state index in [2.05, 4.69) is 0 Å². The van der Waals surface area contributed by atoms with E-state index in [0.717, 1.165) is 16.9 Å². The van der Waals surface area contributed by atoms with Gasteiger partial charge in [-0.15, -0.1) is 0 Å². The van der Waals surface area contributed by atoms with Crippen LogP contribution in [0.25, 0.3) is 0 Å². The molecule has 0 saturated carbocycles. The van der Waals surface area contributed by atoms with Gasteiger partial charge in [0.1, 0.15) is 0 Å². The molecule has 4 nitrogen and oxygen atoms in total. The summed E-state index contributed by atoms with van der Waals surface area (Å²) >= 11 is 1.14. The standard InChI is InChI=1S/C11H9NO3S/c13-10(14)9-3-1-8(2-4-9)7-12-5-6-16-11(12)15/h1-6H,7H2,(H,13,14). The van der Waals surface area contributed by atoms with Crippen LogP contribution in [0.4, 0.5) is 0 Å². The first-order chi connectivity index (χ1) is 7.66. The summed E-state index contributed by atoms with van der Waals surface area (Å²) < 4.78 is 1.58. The third-order valence-electron chi connectivity index (χ3n) is 2.20. The molecule has 0 amide bonds. The fourth-order valence-corrected chi connectivity index (χ4v) is 1.94. The number of carboxylic acid groups (broad SMARTS) is 1. The van der Waals surface area contributed by atoms with Crippen molar-refractivity contribution in [3.05, 3.63) is 56.6 Å². The Kier molecular flexibility index (Phi) is 2.87. The molecule has 0 radical (unpaired) electrons. The number of carboxylic acids is 1. The molecular formula is C11H9NO3S. The van der Waals surface area contributed by atoms with Gasteiger partial charge in [0.2, 0.25) is 0 Å². The molecule has 0 unspecified atom stereocenters. The number of benzene rings is 1. The summed E-state index contributed by atoms with van der Waals surface area (Å²) in [5.41, 5.74) is 1.16. The normalized spacial score (nSPS) is 10.2. The zero-order valence-electron chi connectivity index (χ0n) is 8.29. The van der Waals surface area contributed by atoms with Gasteiger partial charge in [-0.3, -0.25) is 4.79 Å². The molecule has 1 aromatic heterocycles. The molecule has 0 atom stereocenters. The zero-order valence-corrected chi connectivity index (χ0v) is 9.11. The van der Waals surface area contributed by atoms with E-state index in [4.69, 9.17) is 5.11 Å². The maximum Gasteiger partial charge on any atom is 0.335 e. The van der Waals surface area contributed by atoms with Gasteiger partial charge in [-0.1, -0.05) is 23.5 Å². The first kappa shape index (κ1) is 10.6. The highest BCUT2D eigenvalue weighted by molar-refractivity contribution is 7.07. The summed E-state index contributed by atoms with van der Waals surface area (Å²) in [5, 5.41) is 10.5. The minimum absolute atomic E-state index is 0.0117. The van der Waals surface area contributed by atoms with Crippen molar-refractivity contribution >= 4 is 17.3 Å². The zero-order chi connectivity index (χ0) is 11.5. The summed E-state index contributed by atoms with van der Waals surface area (Å²) in [6, 6.07) is 6.51. The van der Waals surface area contributed by atoms with E-state index in [1.165, 1.54) is 12.1 Å². The van der Waals surface area contributed by atoms with Crippen LogP contribution in [0, 0.1) is 0 Å². The number of hydrogen-bond donors (Lipinski definition) is 1. The second-order valence-corrected chi connectivity index (χ2v) is 4.16. The molecule has 2 aromatic rings. The topological polar surface area (TPSA) is 59.3 Å². The Hall–Kier alpha value is -1.88. The monoisotopic (exact) mass is 235 g/mol. The number of hydrogen-bond acceptors (Lipinski definition) is 3. The molecule has 82 valence electrons. The van der Waals surface area contributed by atoms with E-state index >= 15 is 0 Å². The van der Waals surface area contributed by atoms with E-state index in [0.29, 0.717) is 6.54 Å². The lowest BCUT2D eigenvalue weighted by Gasteiger charge is -2.02. The van der Waals surface area contributed by atoms with Gasteiger partial charge in [0, 0.05) is 11.6 Å². The van der Waals surface area contributed by atoms with Crippen molar-refractivity contribution in [3.8, 4) is 0 Å². The Morgan fingerprint density at radius 1 is 1.31 bits per heavy atom. The highest BCUT2D eigenvalue weighted by atomic mass is 32.1. The Balaban J connectivity index is 2.20. The highest BCUT2D eigenvalue weighted by Gasteiger charge is 2.02. The number of aromatic carboxylic acids is 1. The van der Waals surface area contributed by atoms with Crippen LogP contribution >= 0.6 is 11.3 Å². The lowest BCUT2D eigenvalue weighted by atomic mass is 10.1. The van der Waals surface area contributed by atoms with Crippen molar-refractivity contribution in [1.29, 1.82) is 0 Å². The van der Waals surface area contributed by atoms with Crippen LogP contribution in [0.5, 0.6) is 0 Å². The minimum atomic E-state index is -0.945. The van der Waals surface area contributed by atoms with Crippen LogP contribution in [-0.2, 0) is 6.54 Å². The largest absolute Gasteiger partial charge is 0.478 e. The predicted molar refractivity (Wildman–Crippen MR) is 61.1 cm³/mol. The first-order valence-corrected chi connectivity index (χ1v) is 5.51. The fourth-order valence-electron chi connectivity index (χ4n) is 1.36. The predicted octanol–water partition coefficient (Wildman–Crippen LogP) is 1.66.